The number of amides is 1. The summed E-state index contributed by atoms with van der Waals surface area (Å²) in [6, 6.07) is 4.21. The highest BCUT2D eigenvalue weighted by Crippen LogP contribution is 2.28. The van der Waals surface area contributed by atoms with E-state index in [4.69, 9.17) is 5.73 Å². The first-order chi connectivity index (χ1) is 9.86. The van der Waals surface area contributed by atoms with Crippen molar-refractivity contribution in [2.24, 2.45) is 0 Å². The first-order valence-electron chi connectivity index (χ1n) is 6.28. The van der Waals surface area contributed by atoms with Gasteiger partial charge < -0.3 is 10.6 Å². The summed E-state index contributed by atoms with van der Waals surface area (Å²) >= 11 is 0. The smallest absolute Gasteiger partial charge is 0.263 e. The van der Waals surface area contributed by atoms with Crippen LogP contribution in [0.4, 0.5) is 14.5 Å². The van der Waals surface area contributed by atoms with E-state index >= 15 is 0 Å². The molecule has 2 rings (SSSR count). The van der Waals surface area contributed by atoms with Crippen molar-refractivity contribution in [3.05, 3.63) is 36.2 Å². The maximum Gasteiger partial charge on any atom is 0.263 e. The van der Waals surface area contributed by atoms with E-state index in [1.165, 1.54) is 27.9 Å². The number of carbonyl (C=O) groups excluding carboxylic acids is 1. The molecule has 0 aliphatic carbocycles. The predicted octanol–water partition coefficient (Wildman–Crippen LogP) is 2.16. The number of aromatic nitrogens is 2. The van der Waals surface area contributed by atoms with Crippen molar-refractivity contribution in [1.82, 2.24) is 14.7 Å². The van der Waals surface area contributed by atoms with E-state index in [2.05, 4.69) is 5.10 Å². The molecule has 0 spiro atoms. The summed E-state index contributed by atoms with van der Waals surface area (Å²) in [6.45, 7) is 0.0943. The van der Waals surface area contributed by atoms with Crippen LogP contribution >= 0.6 is 0 Å². The molecular formula is C14H16F2N4O. The van der Waals surface area contributed by atoms with Crippen molar-refractivity contribution in [2.45, 2.75) is 13.0 Å². The van der Waals surface area contributed by atoms with Crippen LogP contribution in [0.2, 0.25) is 0 Å². The number of nitrogen functional groups attached to an aromatic ring is 1. The molecule has 1 amide bonds. The third kappa shape index (κ3) is 3.56. The molecule has 0 aliphatic rings. The Morgan fingerprint density at radius 1 is 1.33 bits per heavy atom. The zero-order chi connectivity index (χ0) is 15.6. The Hall–Kier alpha value is -2.44. The monoisotopic (exact) mass is 294 g/mol. The van der Waals surface area contributed by atoms with Gasteiger partial charge in [0.2, 0.25) is 5.91 Å². The summed E-state index contributed by atoms with van der Waals surface area (Å²) in [6.07, 6.45) is 0.566. The van der Waals surface area contributed by atoms with Crippen LogP contribution in [0, 0.1) is 0 Å². The highest BCUT2D eigenvalue weighted by atomic mass is 19.3. The number of rotatable bonds is 4. The van der Waals surface area contributed by atoms with Gasteiger partial charge in [-0.15, -0.1) is 0 Å². The van der Waals surface area contributed by atoms with E-state index in [9.17, 15) is 13.6 Å². The molecule has 112 valence electrons. The third-order valence-corrected chi connectivity index (χ3v) is 2.99. The Morgan fingerprint density at radius 3 is 2.67 bits per heavy atom. The standard InChI is InChI=1S/C14H16F2N4O/c1-19(2)13(21)8-20-7-11(6-18-20)9-3-10(14(15)16)5-12(17)4-9/h3-7,14H,8,17H2,1-2H3. The van der Waals surface area contributed by atoms with Gasteiger partial charge in [0, 0.05) is 37.1 Å². The molecule has 0 fully saturated rings. The zero-order valence-electron chi connectivity index (χ0n) is 11.8. The second-order valence-electron chi connectivity index (χ2n) is 4.90. The first-order valence-corrected chi connectivity index (χ1v) is 6.28. The van der Waals surface area contributed by atoms with Gasteiger partial charge in [0.15, 0.2) is 0 Å². The van der Waals surface area contributed by atoms with E-state index in [0.717, 1.165) is 0 Å². The lowest BCUT2D eigenvalue weighted by Gasteiger charge is -2.09. The topological polar surface area (TPSA) is 64.2 Å². The Bertz CT molecular complexity index is 652. The van der Waals surface area contributed by atoms with Crippen LogP contribution in [0.1, 0.15) is 12.0 Å². The Labute approximate surface area is 121 Å². The lowest BCUT2D eigenvalue weighted by molar-refractivity contribution is -0.129. The van der Waals surface area contributed by atoms with Gasteiger partial charge in [0.05, 0.1) is 6.20 Å². The van der Waals surface area contributed by atoms with Gasteiger partial charge in [0.1, 0.15) is 6.54 Å². The SMILES string of the molecule is CN(C)C(=O)Cn1cc(-c2cc(N)cc(C(F)F)c2)cn1. The summed E-state index contributed by atoms with van der Waals surface area (Å²) in [5.41, 5.74) is 6.95. The summed E-state index contributed by atoms with van der Waals surface area (Å²) in [4.78, 5) is 13.1. The van der Waals surface area contributed by atoms with E-state index in [1.807, 2.05) is 0 Å². The van der Waals surface area contributed by atoms with E-state index in [1.54, 1.807) is 26.4 Å². The number of anilines is 1. The molecule has 7 heteroatoms. The Kier molecular flexibility index (Phi) is 4.21. The molecule has 5 nitrogen and oxygen atoms in total. The van der Waals surface area contributed by atoms with Crippen LogP contribution in [0.25, 0.3) is 11.1 Å². The van der Waals surface area contributed by atoms with Crippen LogP contribution in [-0.2, 0) is 11.3 Å². The average Bonchev–Trinajstić information content (AvgIpc) is 2.86. The van der Waals surface area contributed by atoms with E-state index in [0.29, 0.717) is 11.1 Å². The number of benzene rings is 1. The number of alkyl halides is 2. The molecule has 1 heterocycles. The van der Waals surface area contributed by atoms with Gasteiger partial charge in [-0.05, 0) is 23.8 Å². The largest absolute Gasteiger partial charge is 0.399 e. The van der Waals surface area contributed by atoms with Crippen molar-refractivity contribution in [3.63, 3.8) is 0 Å². The van der Waals surface area contributed by atoms with Crippen molar-refractivity contribution in [3.8, 4) is 11.1 Å². The highest BCUT2D eigenvalue weighted by molar-refractivity contribution is 5.75. The van der Waals surface area contributed by atoms with Crippen LogP contribution in [0.15, 0.2) is 30.6 Å². The van der Waals surface area contributed by atoms with Crippen LogP contribution in [-0.4, -0.2) is 34.7 Å². The fraction of sp³-hybridized carbons (Fsp3) is 0.286. The summed E-state index contributed by atoms with van der Waals surface area (Å²) in [7, 11) is 3.30. The van der Waals surface area contributed by atoms with Crippen molar-refractivity contribution in [1.29, 1.82) is 0 Å². The number of hydrogen-bond acceptors (Lipinski definition) is 3. The number of hydrogen-bond donors (Lipinski definition) is 1. The molecular weight excluding hydrogens is 278 g/mol. The normalized spacial score (nSPS) is 10.9. The van der Waals surface area contributed by atoms with Gasteiger partial charge >= 0.3 is 0 Å². The third-order valence-electron chi connectivity index (χ3n) is 2.99. The van der Waals surface area contributed by atoms with E-state index in [-0.39, 0.29) is 23.7 Å². The number of halogens is 2. The molecule has 0 aliphatic heterocycles. The van der Waals surface area contributed by atoms with Crippen molar-refractivity contribution >= 4 is 11.6 Å². The molecule has 0 saturated heterocycles. The van der Waals surface area contributed by atoms with Crippen LogP contribution in [0.5, 0.6) is 0 Å². The lowest BCUT2D eigenvalue weighted by Crippen LogP contribution is -2.26. The minimum atomic E-state index is -2.59. The second kappa shape index (κ2) is 5.90. The first kappa shape index (κ1) is 15.0. The second-order valence-corrected chi connectivity index (χ2v) is 4.90. The molecule has 0 saturated carbocycles. The molecule has 1 aromatic carbocycles. The lowest BCUT2D eigenvalue weighted by atomic mass is 10.1. The molecule has 0 bridgehead atoms. The molecule has 0 unspecified atom stereocenters. The van der Waals surface area contributed by atoms with Crippen molar-refractivity contribution < 1.29 is 13.6 Å². The fourth-order valence-electron chi connectivity index (χ4n) is 1.85. The van der Waals surface area contributed by atoms with Gasteiger partial charge in [0.25, 0.3) is 6.43 Å². The quantitative estimate of drug-likeness (QED) is 0.879. The fourth-order valence-corrected chi connectivity index (χ4v) is 1.85. The molecule has 0 radical (unpaired) electrons. The van der Waals surface area contributed by atoms with Crippen LogP contribution in [0.3, 0.4) is 0 Å². The van der Waals surface area contributed by atoms with Crippen LogP contribution < -0.4 is 5.73 Å². The van der Waals surface area contributed by atoms with Gasteiger partial charge in [-0.25, -0.2) is 8.78 Å². The number of likely N-dealkylation sites (N-methyl/N-ethyl adjacent to an activating group) is 1. The molecule has 2 N–H and O–H groups in total. The number of carbonyl (C=O) groups is 1. The highest BCUT2D eigenvalue weighted by Gasteiger charge is 2.12. The van der Waals surface area contributed by atoms with Gasteiger partial charge in [-0.3, -0.25) is 9.48 Å². The maximum atomic E-state index is 12.8. The summed E-state index contributed by atoms with van der Waals surface area (Å²) < 4.78 is 27.0. The number of nitrogens with two attached hydrogens (primary N) is 1. The molecule has 0 atom stereocenters. The average molecular weight is 294 g/mol. The minimum absolute atomic E-state index is 0.0943. The maximum absolute atomic E-state index is 12.8. The molecule has 21 heavy (non-hydrogen) atoms. The van der Waals surface area contributed by atoms with Crippen molar-refractivity contribution in [2.75, 3.05) is 19.8 Å². The molecule has 2 aromatic rings. The predicted molar refractivity (Wildman–Crippen MR) is 75.7 cm³/mol. The number of nitrogens with zero attached hydrogens (tertiary/aromatic N) is 3. The van der Waals surface area contributed by atoms with E-state index < -0.39 is 6.43 Å². The van der Waals surface area contributed by atoms with Gasteiger partial charge in [-0.2, -0.15) is 5.10 Å². The molecule has 1 aromatic heterocycles. The Balaban J connectivity index is 2.27. The summed E-state index contributed by atoms with van der Waals surface area (Å²) in [5.74, 6) is -0.106. The minimum Gasteiger partial charge on any atom is -0.399 e. The van der Waals surface area contributed by atoms with Gasteiger partial charge in [-0.1, -0.05) is 0 Å². The summed E-state index contributed by atoms with van der Waals surface area (Å²) in [5, 5.41) is 4.06. The zero-order valence-corrected chi connectivity index (χ0v) is 11.8. The Morgan fingerprint density at radius 2 is 2.05 bits per heavy atom.